The molecule has 0 aliphatic heterocycles. The van der Waals surface area contributed by atoms with Crippen molar-refractivity contribution in [2.24, 2.45) is 0 Å². The summed E-state index contributed by atoms with van der Waals surface area (Å²) < 4.78 is 6.81. The van der Waals surface area contributed by atoms with E-state index in [0.29, 0.717) is 11.8 Å². The van der Waals surface area contributed by atoms with Gasteiger partial charge < -0.3 is 4.74 Å². The van der Waals surface area contributed by atoms with E-state index in [4.69, 9.17) is 16.3 Å². The van der Waals surface area contributed by atoms with Crippen molar-refractivity contribution >= 4 is 27.5 Å². The molecular weight excluding hydrogens is 338 g/mol. The Morgan fingerprint density at radius 2 is 1.95 bits per heavy atom. The summed E-state index contributed by atoms with van der Waals surface area (Å²) in [6.45, 7) is 6.36. The van der Waals surface area contributed by atoms with E-state index in [1.165, 1.54) is 0 Å². The molecule has 0 unspecified atom stereocenters. The molecule has 0 amide bonds. The number of hydrogen-bond donors (Lipinski definition) is 0. The van der Waals surface area contributed by atoms with Crippen molar-refractivity contribution in [3.63, 3.8) is 0 Å². The molecule has 0 bridgehead atoms. The van der Waals surface area contributed by atoms with Gasteiger partial charge in [0.05, 0.1) is 5.69 Å². The standard InChI is InChI=1S/C16H17BrClNO/c1-16(2,3)14-7-11(10-18)8-15(19-14)20-13-6-4-5-12(17)9-13/h4-9H,10H2,1-3H3. The summed E-state index contributed by atoms with van der Waals surface area (Å²) >= 11 is 9.39. The monoisotopic (exact) mass is 353 g/mol. The first-order valence-corrected chi connectivity index (χ1v) is 7.72. The first-order chi connectivity index (χ1) is 9.38. The highest BCUT2D eigenvalue weighted by molar-refractivity contribution is 9.10. The molecule has 1 heterocycles. The molecule has 0 atom stereocenters. The van der Waals surface area contributed by atoms with Crippen LogP contribution in [0.3, 0.4) is 0 Å². The fraction of sp³-hybridized carbons (Fsp3) is 0.312. The van der Waals surface area contributed by atoms with E-state index >= 15 is 0 Å². The third-order valence-electron chi connectivity index (χ3n) is 2.80. The Hall–Kier alpha value is -1.06. The molecule has 2 nitrogen and oxygen atoms in total. The molecular formula is C16H17BrClNO. The van der Waals surface area contributed by atoms with Gasteiger partial charge in [-0.15, -0.1) is 11.6 Å². The van der Waals surface area contributed by atoms with Gasteiger partial charge in [0.1, 0.15) is 5.75 Å². The lowest BCUT2D eigenvalue weighted by molar-refractivity contribution is 0.451. The Balaban J connectivity index is 2.36. The lowest BCUT2D eigenvalue weighted by Crippen LogP contribution is -2.14. The third-order valence-corrected chi connectivity index (χ3v) is 3.60. The van der Waals surface area contributed by atoms with Crippen LogP contribution in [0.2, 0.25) is 0 Å². The van der Waals surface area contributed by atoms with Crippen molar-refractivity contribution < 1.29 is 4.74 Å². The molecule has 4 heteroatoms. The second-order valence-electron chi connectivity index (χ2n) is 5.64. The van der Waals surface area contributed by atoms with Gasteiger partial charge in [-0.2, -0.15) is 0 Å². The molecule has 20 heavy (non-hydrogen) atoms. The second kappa shape index (κ2) is 6.15. The maximum atomic E-state index is 5.96. The molecule has 0 spiro atoms. The number of ether oxygens (including phenoxy) is 1. The van der Waals surface area contributed by atoms with Gasteiger partial charge in [-0.3, -0.25) is 0 Å². The quantitative estimate of drug-likeness (QED) is 0.662. The van der Waals surface area contributed by atoms with E-state index in [-0.39, 0.29) is 5.41 Å². The zero-order valence-electron chi connectivity index (χ0n) is 11.8. The number of pyridine rings is 1. The second-order valence-corrected chi connectivity index (χ2v) is 6.82. The van der Waals surface area contributed by atoms with Crippen LogP contribution < -0.4 is 4.74 Å². The number of alkyl halides is 1. The normalized spacial score (nSPS) is 11.4. The van der Waals surface area contributed by atoms with E-state index in [2.05, 4.69) is 41.7 Å². The van der Waals surface area contributed by atoms with Crippen LogP contribution in [0.15, 0.2) is 40.9 Å². The number of nitrogens with zero attached hydrogens (tertiary/aromatic N) is 1. The molecule has 0 saturated carbocycles. The van der Waals surface area contributed by atoms with E-state index in [9.17, 15) is 0 Å². The average Bonchev–Trinajstić information content (AvgIpc) is 2.37. The van der Waals surface area contributed by atoms with Crippen molar-refractivity contribution in [1.29, 1.82) is 0 Å². The van der Waals surface area contributed by atoms with E-state index in [1.807, 2.05) is 36.4 Å². The van der Waals surface area contributed by atoms with Crippen LogP contribution in [0, 0.1) is 0 Å². The van der Waals surface area contributed by atoms with Crippen LogP contribution >= 0.6 is 27.5 Å². The van der Waals surface area contributed by atoms with Crippen molar-refractivity contribution in [3.8, 4) is 11.6 Å². The summed E-state index contributed by atoms with van der Waals surface area (Å²) in [5.74, 6) is 1.77. The van der Waals surface area contributed by atoms with Gasteiger partial charge in [-0.1, -0.05) is 42.8 Å². The molecule has 0 N–H and O–H groups in total. The number of rotatable bonds is 3. The average molecular weight is 355 g/mol. The van der Waals surface area contributed by atoms with Crippen molar-refractivity contribution in [2.75, 3.05) is 0 Å². The van der Waals surface area contributed by atoms with Gasteiger partial charge in [0.25, 0.3) is 0 Å². The van der Waals surface area contributed by atoms with Crippen molar-refractivity contribution in [2.45, 2.75) is 32.1 Å². The Bertz CT molecular complexity index is 608. The lowest BCUT2D eigenvalue weighted by Gasteiger charge is -2.19. The smallest absolute Gasteiger partial charge is 0.219 e. The maximum absolute atomic E-state index is 5.96. The van der Waals surface area contributed by atoms with Gasteiger partial charge in [0, 0.05) is 21.8 Å². The summed E-state index contributed by atoms with van der Waals surface area (Å²) in [5.41, 5.74) is 1.94. The van der Waals surface area contributed by atoms with E-state index in [1.54, 1.807) is 0 Å². The van der Waals surface area contributed by atoms with Crippen LogP contribution in [0.4, 0.5) is 0 Å². The number of benzene rings is 1. The molecule has 0 radical (unpaired) electrons. The van der Waals surface area contributed by atoms with Crippen LogP contribution in [-0.2, 0) is 11.3 Å². The van der Waals surface area contributed by atoms with Crippen molar-refractivity contribution in [3.05, 3.63) is 52.1 Å². The summed E-state index contributed by atoms with van der Waals surface area (Å²) in [6, 6.07) is 11.6. The molecule has 1 aromatic heterocycles. The van der Waals surface area contributed by atoms with Crippen LogP contribution in [0.1, 0.15) is 32.0 Å². The highest BCUT2D eigenvalue weighted by Crippen LogP contribution is 2.28. The van der Waals surface area contributed by atoms with Gasteiger partial charge in [-0.05, 0) is 29.8 Å². The number of aromatic nitrogens is 1. The minimum Gasteiger partial charge on any atom is -0.439 e. The Morgan fingerprint density at radius 1 is 1.20 bits per heavy atom. The first kappa shape index (κ1) is 15.3. The minimum absolute atomic E-state index is 0.0442. The van der Waals surface area contributed by atoms with Crippen molar-refractivity contribution in [1.82, 2.24) is 4.98 Å². The first-order valence-electron chi connectivity index (χ1n) is 6.39. The van der Waals surface area contributed by atoms with Gasteiger partial charge in [0.2, 0.25) is 5.88 Å². The number of hydrogen-bond acceptors (Lipinski definition) is 2. The molecule has 2 rings (SSSR count). The molecule has 2 aromatic rings. The minimum atomic E-state index is -0.0442. The largest absolute Gasteiger partial charge is 0.439 e. The summed E-state index contributed by atoms with van der Waals surface area (Å²) in [6.07, 6.45) is 0. The maximum Gasteiger partial charge on any atom is 0.219 e. The molecule has 0 fully saturated rings. The fourth-order valence-electron chi connectivity index (χ4n) is 1.72. The summed E-state index contributed by atoms with van der Waals surface area (Å²) in [4.78, 5) is 4.58. The van der Waals surface area contributed by atoms with Gasteiger partial charge >= 0.3 is 0 Å². The fourth-order valence-corrected chi connectivity index (χ4v) is 2.26. The molecule has 1 aromatic carbocycles. The third kappa shape index (κ3) is 3.97. The number of halogens is 2. The molecule has 0 saturated heterocycles. The van der Waals surface area contributed by atoms with Crippen LogP contribution in [-0.4, -0.2) is 4.98 Å². The highest BCUT2D eigenvalue weighted by Gasteiger charge is 2.17. The van der Waals surface area contributed by atoms with E-state index < -0.39 is 0 Å². The summed E-state index contributed by atoms with van der Waals surface area (Å²) in [7, 11) is 0. The van der Waals surface area contributed by atoms with Crippen LogP contribution in [0.25, 0.3) is 0 Å². The molecule has 0 aliphatic rings. The van der Waals surface area contributed by atoms with E-state index in [0.717, 1.165) is 21.5 Å². The van der Waals surface area contributed by atoms with Gasteiger partial charge in [0.15, 0.2) is 0 Å². The topological polar surface area (TPSA) is 22.1 Å². The predicted molar refractivity (Wildman–Crippen MR) is 86.7 cm³/mol. The summed E-state index contributed by atoms with van der Waals surface area (Å²) in [5, 5.41) is 0. The zero-order valence-corrected chi connectivity index (χ0v) is 14.1. The Kier molecular flexibility index (Phi) is 4.71. The Morgan fingerprint density at radius 3 is 2.55 bits per heavy atom. The van der Waals surface area contributed by atoms with Gasteiger partial charge in [-0.25, -0.2) is 4.98 Å². The highest BCUT2D eigenvalue weighted by atomic mass is 79.9. The lowest BCUT2D eigenvalue weighted by atomic mass is 9.91. The predicted octanol–water partition coefficient (Wildman–Crippen LogP) is 5.67. The molecule has 106 valence electrons. The SMILES string of the molecule is CC(C)(C)c1cc(CCl)cc(Oc2cccc(Br)c2)n1. The Labute approximate surface area is 133 Å². The molecule has 0 aliphatic carbocycles. The van der Waals surface area contributed by atoms with Crippen LogP contribution in [0.5, 0.6) is 11.6 Å². The zero-order chi connectivity index (χ0) is 14.8.